The van der Waals surface area contributed by atoms with E-state index in [1.165, 1.54) is 0 Å². The SMILES string of the molecule is CC1(O)CC(N)(c2ccc(-c3nc4nc(-c5ccccc5)nn4cc3-c3ccccc3)cc2)C1.CC1(O)CC(NC(=O)OC(C)(C)C)(c2ccc(-c3nc4nc(-c5ccccc5)nn4cc3-c3ccccc3)cc2)C1.CN(C)/C=C(\C(=O)c1ccc(C2(NC(=O)OC(C)(C)C)CC(C)(O)C2)cc1)c1ccccc1.NC1=NN=C(c2ccccc2)C1. The zero-order valence-corrected chi connectivity index (χ0v) is 69.4. The summed E-state index contributed by atoms with van der Waals surface area (Å²) in [5.74, 6) is 2.80. The van der Waals surface area contributed by atoms with Crippen LogP contribution in [0, 0.1) is 0 Å². The van der Waals surface area contributed by atoms with Crippen molar-refractivity contribution in [1.29, 1.82) is 0 Å². The maximum Gasteiger partial charge on any atom is 0.408 e. The molecule has 0 atom stereocenters. The Hall–Kier alpha value is -13.2. The van der Waals surface area contributed by atoms with Crippen molar-refractivity contribution in [1.82, 2.24) is 54.7 Å². The molecule has 5 heterocycles. The number of allylic oxidation sites excluding steroid dienone is 1. The quantitative estimate of drug-likeness (QED) is 0.0349. The fourth-order valence-corrected chi connectivity index (χ4v) is 16.2. The number of ether oxygens (including phenoxy) is 2. The van der Waals surface area contributed by atoms with Crippen LogP contribution in [0.15, 0.2) is 284 Å². The summed E-state index contributed by atoms with van der Waals surface area (Å²) in [4.78, 5) is 59.7. The van der Waals surface area contributed by atoms with Crippen LogP contribution in [-0.2, 0) is 26.1 Å². The lowest BCUT2D eigenvalue weighted by molar-refractivity contribution is -0.0901. The van der Waals surface area contributed by atoms with E-state index in [9.17, 15) is 29.7 Å². The van der Waals surface area contributed by atoms with E-state index in [1.807, 2.05) is 304 Å². The minimum absolute atomic E-state index is 0.0868. The van der Waals surface area contributed by atoms with Gasteiger partial charge in [-0.3, -0.25) is 4.79 Å². The summed E-state index contributed by atoms with van der Waals surface area (Å²) in [5, 5.41) is 54.4. The van der Waals surface area contributed by atoms with Crippen molar-refractivity contribution >= 4 is 46.6 Å². The molecule has 1 aliphatic heterocycles. The maximum atomic E-state index is 13.3. The summed E-state index contributed by atoms with van der Waals surface area (Å²) in [5.41, 5.74) is 22.5. The van der Waals surface area contributed by atoms with Crippen molar-refractivity contribution in [3.8, 4) is 67.5 Å². The van der Waals surface area contributed by atoms with Gasteiger partial charge in [0.25, 0.3) is 11.6 Å². The molecule has 4 aromatic heterocycles. The molecule has 2 amide bonds. The van der Waals surface area contributed by atoms with Gasteiger partial charge < -0.3 is 51.8 Å². The number of carbonyl (C=O) groups excluding carboxylic acids is 3. The molecular formula is C97H101N15O8. The number of hydrogen-bond donors (Lipinski definition) is 7. The van der Waals surface area contributed by atoms with Crippen molar-refractivity contribution in [2.24, 2.45) is 21.7 Å². The molecule has 0 radical (unpaired) electrons. The number of benzene rings is 9. The molecular weight excluding hydrogens is 1500 g/mol. The molecule has 3 saturated carbocycles. The third-order valence-electron chi connectivity index (χ3n) is 21.1. The van der Waals surface area contributed by atoms with Crippen LogP contribution in [0.4, 0.5) is 9.59 Å². The Morgan fingerprint density at radius 1 is 0.433 bits per heavy atom. The van der Waals surface area contributed by atoms with E-state index in [-0.39, 0.29) is 5.78 Å². The second-order valence-electron chi connectivity index (χ2n) is 34.6. The van der Waals surface area contributed by atoms with Crippen molar-refractivity contribution in [3.05, 3.63) is 307 Å². The number of nitrogens with one attached hydrogen (secondary N) is 2. The van der Waals surface area contributed by atoms with Gasteiger partial charge in [0.15, 0.2) is 17.4 Å². The van der Waals surface area contributed by atoms with Crippen molar-refractivity contribution in [3.63, 3.8) is 0 Å². The normalized spacial score (nSPS) is 21.0. The number of rotatable bonds is 16. The molecule has 9 N–H and O–H groups in total. The molecule has 0 saturated heterocycles. The summed E-state index contributed by atoms with van der Waals surface area (Å²) >= 11 is 0. The number of amidine groups is 1. The third kappa shape index (κ3) is 19.6. The fraction of sp³-hybridized carbons (Fsp3) is 0.268. The van der Waals surface area contributed by atoms with Gasteiger partial charge in [0.05, 0.1) is 51.4 Å². The third-order valence-corrected chi connectivity index (χ3v) is 21.1. The first kappa shape index (κ1) is 83.3. The first-order valence-corrected chi connectivity index (χ1v) is 40.1. The standard InChI is InChI=1S/C33H33N5O3.C28H25N5O.C27H34N2O4.C9H9N3/c1-31(2,3)41-30(39)36-33(20-32(4,40)21-33)25-17-15-23(16-18-25)27-26(22-11-7-5-8-12-22)19-38-29(34-27)35-28(37-38)24-13-9-6-10-14-24;1-27(34)17-28(29,18-27)22-14-12-20(13-15-22)24-23(19-8-4-2-5-9-19)16-33-26(30-24)31-25(32-33)21-10-6-3-7-11-21;1-25(2,3)33-24(31)28-27(17-26(4,32)18-27)21-14-12-20(13-15-21)23(30)22(16-29(5)6)19-10-8-7-9-11-19;10-9-6-8(11-12-9)7-4-2-1-3-5-7/h5-19,40H,20-21H2,1-4H3,(H,36,39);2-16,34H,17-18,29H2,1H3;7-16,32H,17-18H2,1-6H3,(H,28,31);1-5H,6H2,(H2,10,12)/b;;22-16-;. The molecule has 3 fully saturated rings. The van der Waals surface area contributed by atoms with Gasteiger partial charge in [0, 0.05) is 108 Å². The van der Waals surface area contributed by atoms with Gasteiger partial charge in [0.1, 0.15) is 17.0 Å². The van der Waals surface area contributed by atoms with Gasteiger partial charge in [-0.25, -0.2) is 28.6 Å². The second kappa shape index (κ2) is 33.7. The average molecular weight is 1600 g/mol. The van der Waals surface area contributed by atoms with Crippen LogP contribution in [0.2, 0.25) is 0 Å². The molecule has 120 heavy (non-hydrogen) atoms. The summed E-state index contributed by atoms with van der Waals surface area (Å²) in [6.07, 6.45) is 8.04. The number of aliphatic hydroxyl groups is 3. The topological polar surface area (TPSA) is 321 Å². The smallest absolute Gasteiger partial charge is 0.408 e. The Kier molecular flexibility index (Phi) is 23.4. The zero-order valence-electron chi connectivity index (χ0n) is 69.4. The molecule has 0 spiro atoms. The van der Waals surface area contributed by atoms with Crippen molar-refractivity contribution < 1.29 is 39.2 Å². The number of hydrogen-bond acceptors (Lipinski definition) is 19. The minimum Gasteiger partial charge on any atom is -0.444 e. The molecule has 13 aromatic rings. The van der Waals surface area contributed by atoms with E-state index >= 15 is 0 Å². The fourth-order valence-electron chi connectivity index (χ4n) is 16.2. The maximum absolute atomic E-state index is 13.3. The predicted molar refractivity (Wildman–Crippen MR) is 470 cm³/mol. The number of Topliss-reactive ketones (excluding diaryl/α,β-unsaturated/α-hetero) is 1. The molecule has 17 rings (SSSR count). The number of amides is 2. The lowest BCUT2D eigenvalue weighted by Gasteiger charge is -2.52. The number of carbonyl (C=O) groups is 3. The highest BCUT2D eigenvalue weighted by atomic mass is 16.6. The van der Waals surface area contributed by atoms with Crippen LogP contribution < -0.4 is 22.1 Å². The van der Waals surface area contributed by atoms with Gasteiger partial charge in [-0.2, -0.15) is 15.1 Å². The largest absolute Gasteiger partial charge is 0.444 e. The van der Waals surface area contributed by atoms with Crippen molar-refractivity contribution in [2.75, 3.05) is 14.1 Å². The van der Waals surface area contributed by atoms with E-state index in [4.69, 9.17) is 46.0 Å². The highest BCUT2D eigenvalue weighted by molar-refractivity contribution is 6.28. The Morgan fingerprint density at radius 2 is 0.783 bits per heavy atom. The highest BCUT2D eigenvalue weighted by Crippen LogP contribution is 2.51. The van der Waals surface area contributed by atoms with Crippen LogP contribution in [0.3, 0.4) is 0 Å². The molecule has 3 aliphatic carbocycles. The first-order chi connectivity index (χ1) is 57.1. The van der Waals surface area contributed by atoms with Gasteiger partial charge in [-0.05, 0) is 114 Å². The second-order valence-corrected chi connectivity index (χ2v) is 34.6. The van der Waals surface area contributed by atoms with Crippen LogP contribution >= 0.6 is 0 Å². The van der Waals surface area contributed by atoms with Gasteiger partial charge >= 0.3 is 12.2 Å². The molecule has 0 bridgehead atoms. The number of alkyl carbamates (subject to hydrolysis) is 2. The van der Waals surface area contributed by atoms with Crippen LogP contribution in [0.25, 0.3) is 84.7 Å². The molecule has 23 nitrogen and oxygen atoms in total. The number of aromatic nitrogens is 8. The lowest BCUT2D eigenvalue weighted by atomic mass is 9.62. The van der Waals surface area contributed by atoms with E-state index in [0.29, 0.717) is 85.1 Å². The average Bonchev–Trinajstić information content (AvgIpc) is 0.956. The van der Waals surface area contributed by atoms with Gasteiger partial charge in [-0.15, -0.1) is 15.3 Å². The summed E-state index contributed by atoms with van der Waals surface area (Å²) in [6.45, 7) is 16.3. The van der Waals surface area contributed by atoms with E-state index < -0.39 is 56.8 Å². The van der Waals surface area contributed by atoms with E-state index in [2.05, 4.69) is 50.2 Å². The highest BCUT2D eigenvalue weighted by Gasteiger charge is 2.55. The Bertz CT molecular complexity index is 5900. The molecule has 9 aromatic carbocycles. The van der Waals surface area contributed by atoms with Crippen molar-refractivity contribution in [2.45, 2.75) is 152 Å². The van der Waals surface area contributed by atoms with E-state index in [1.54, 1.807) is 35.0 Å². The van der Waals surface area contributed by atoms with Crippen LogP contribution in [0.5, 0.6) is 0 Å². The first-order valence-electron chi connectivity index (χ1n) is 40.1. The number of ketones is 1. The zero-order chi connectivity index (χ0) is 85.0. The molecule has 612 valence electrons. The van der Waals surface area contributed by atoms with E-state index in [0.717, 1.165) is 89.4 Å². The monoisotopic (exact) mass is 1600 g/mol. The molecule has 0 unspecified atom stereocenters. The molecule has 4 aliphatic rings. The summed E-state index contributed by atoms with van der Waals surface area (Å²) in [7, 11) is 3.77. The number of nitrogens with two attached hydrogens (primary N) is 2. The Labute approximate surface area is 698 Å². The van der Waals surface area contributed by atoms with Gasteiger partial charge in [0.2, 0.25) is 0 Å². The number of fused-ring (bicyclic) bond motifs is 2. The van der Waals surface area contributed by atoms with Crippen LogP contribution in [0.1, 0.15) is 145 Å². The summed E-state index contributed by atoms with van der Waals surface area (Å²) in [6, 6.07) is 82.9. The number of nitrogens with zero attached hydrogens (tertiary/aromatic N) is 11. The van der Waals surface area contributed by atoms with Gasteiger partial charge in [-0.1, -0.05) is 255 Å². The Morgan fingerprint density at radius 3 is 1.13 bits per heavy atom. The predicted octanol–water partition coefficient (Wildman–Crippen LogP) is 17.1. The molecule has 23 heteroatoms. The van der Waals surface area contributed by atoms with Crippen LogP contribution in [-0.4, -0.2) is 131 Å². The minimum atomic E-state index is -0.877. The Balaban J connectivity index is 0.000000138. The summed E-state index contributed by atoms with van der Waals surface area (Å²) < 4.78 is 14.4. The lowest BCUT2D eigenvalue weighted by Crippen LogP contribution is -2.62.